The van der Waals surface area contributed by atoms with E-state index in [-0.39, 0.29) is 11.5 Å². The Morgan fingerprint density at radius 1 is 1.10 bits per heavy atom. The first-order valence-electron chi connectivity index (χ1n) is 13.6. The Bertz CT molecular complexity index is 1470. The Balaban J connectivity index is 1.75. The molecule has 0 aliphatic carbocycles. The molecule has 0 bridgehead atoms. The lowest BCUT2D eigenvalue weighted by atomic mass is 9.86. The van der Waals surface area contributed by atoms with E-state index in [0.717, 1.165) is 53.7 Å². The van der Waals surface area contributed by atoms with Crippen LogP contribution in [0.4, 0.5) is 0 Å². The molecule has 0 N–H and O–H groups in total. The molecule has 0 radical (unpaired) electrons. The summed E-state index contributed by atoms with van der Waals surface area (Å²) >= 11 is 0. The van der Waals surface area contributed by atoms with Crippen LogP contribution in [0.1, 0.15) is 59.1 Å². The minimum Gasteiger partial charge on any atom is -0.492 e. The molecule has 39 heavy (non-hydrogen) atoms. The normalized spacial score (nSPS) is 12.9. The molecule has 8 nitrogen and oxygen atoms in total. The van der Waals surface area contributed by atoms with Crippen molar-refractivity contribution in [1.29, 1.82) is 5.26 Å². The van der Waals surface area contributed by atoms with Gasteiger partial charge in [0.2, 0.25) is 0 Å². The van der Waals surface area contributed by atoms with Crippen LogP contribution in [0.3, 0.4) is 0 Å². The standard InChI is InChI=1S/C31H37N5O3/c1-6-22-15-30(37)35(5)20-28(22)26-13-21(9-11-34(4)7-2)14-27-25(26)10-12-36(31(27)38)19-24-16-29(39-8-3)23(17-32)18-33-24/h13-16,18,20H,6-12,19H2,1-5H3. The average molecular weight is 528 g/mol. The Morgan fingerprint density at radius 2 is 1.87 bits per heavy atom. The Hall–Kier alpha value is -3.96. The number of nitriles is 1. The number of likely N-dealkylation sites (N-methyl/N-ethyl adjacent to an activating group) is 1. The van der Waals surface area contributed by atoms with E-state index >= 15 is 0 Å². The fraction of sp³-hybridized carbons (Fsp3) is 0.419. The third-order valence-corrected chi connectivity index (χ3v) is 7.46. The quantitative estimate of drug-likeness (QED) is 0.396. The van der Waals surface area contributed by atoms with Crippen molar-refractivity contribution in [1.82, 2.24) is 19.4 Å². The predicted molar refractivity (Wildman–Crippen MR) is 152 cm³/mol. The number of amides is 1. The molecule has 4 rings (SSSR count). The van der Waals surface area contributed by atoms with Crippen molar-refractivity contribution >= 4 is 5.91 Å². The molecule has 8 heteroatoms. The van der Waals surface area contributed by atoms with Crippen LogP contribution in [0.15, 0.2) is 41.5 Å². The van der Waals surface area contributed by atoms with Crippen molar-refractivity contribution in [2.45, 2.75) is 46.6 Å². The van der Waals surface area contributed by atoms with Crippen LogP contribution < -0.4 is 10.3 Å². The van der Waals surface area contributed by atoms with Crippen molar-refractivity contribution in [2.24, 2.45) is 7.05 Å². The summed E-state index contributed by atoms with van der Waals surface area (Å²) in [6.07, 6.45) is 5.67. The van der Waals surface area contributed by atoms with Gasteiger partial charge in [0, 0.05) is 55.8 Å². The topological polar surface area (TPSA) is 91.5 Å². The van der Waals surface area contributed by atoms with Gasteiger partial charge >= 0.3 is 0 Å². The summed E-state index contributed by atoms with van der Waals surface area (Å²) < 4.78 is 7.24. The molecule has 0 atom stereocenters. The van der Waals surface area contributed by atoms with Gasteiger partial charge in [0.25, 0.3) is 11.5 Å². The zero-order chi connectivity index (χ0) is 28.1. The molecule has 204 valence electrons. The average Bonchev–Trinajstić information content (AvgIpc) is 2.94. The van der Waals surface area contributed by atoms with Crippen LogP contribution in [0, 0.1) is 11.3 Å². The number of pyridine rings is 2. The van der Waals surface area contributed by atoms with Gasteiger partial charge in [-0.25, -0.2) is 0 Å². The Kier molecular flexibility index (Phi) is 8.82. The third-order valence-electron chi connectivity index (χ3n) is 7.46. The number of aromatic nitrogens is 2. The number of nitrogens with zero attached hydrogens (tertiary/aromatic N) is 5. The SMILES string of the molecule is CCOc1cc(CN2CCc3c(cc(CCN(C)CC)cc3-c3cn(C)c(=O)cc3CC)C2=O)ncc1C#N. The third kappa shape index (κ3) is 6.04. The lowest BCUT2D eigenvalue weighted by Crippen LogP contribution is -2.37. The number of rotatable bonds is 10. The molecule has 1 aliphatic rings. The molecular weight excluding hydrogens is 490 g/mol. The van der Waals surface area contributed by atoms with Crippen LogP contribution in [0.25, 0.3) is 11.1 Å². The molecule has 0 saturated carbocycles. The van der Waals surface area contributed by atoms with Gasteiger partial charge in [-0.2, -0.15) is 5.26 Å². The van der Waals surface area contributed by atoms with Gasteiger partial charge < -0.3 is 19.1 Å². The first kappa shape index (κ1) is 28.1. The summed E-state index contributed by atoms with van der Waals surface area (Å²) in [5, 5.41) is 9.36. The number of ether oxygens (including phenoxy) is 1. The highest BCUT2D eigenvalue weighted by Crippen LogP contribution is 2.34. The molecule has 2 aromatic heterocycles. The molecule has 3 aromatic rings. The smallest absolute Gasteiger partial charge is 0.254 e. The molecule has 0 unspecified atom stereocenters. The van der Waals surface area contributed by atoms with Crippen LogP contribution >= 0.6 is 0 Å². The van der Waals surface area contributed by atoms with Crippen LogP contribution in [-0.4, -0.2) is 58.5 Å². The molecule has 1 aliphatic heterocycles. The van der Waals surface area contributed by atoms with E-state index in [4.69, 9.17) is 4.74 Å². The highest BCUT2D eigenvalue weighted by molar-refractivity contribution is 5.99. The lowest BCUT2D eigenvalue weighted by Gasteiger charge is -2.31. The largest absolute Gasteiger partial charge is 0.492 e. The second-order valence-electron chi connectivity index (χ2n) is 10.0. The van der Waals surface area contributed by atoms with Crippen molar-refractivity contribution in [3.63, 3.8) is 0 Å². The van der Waals surface area contributed by atoms with E-state index in [2.05, 4.69) is 42.9 Å². The van der Waals surface area contributed by atoms with Crippen LogP contribution in [0.2, 0.25) is 0 Å². The van der Waals surface area contributed by atoms with Gasteiger partial charge in [-0.1, -0.05) is 19.9 Å². The summed E-state index contributed by atoms with van der Waals surface area (Å²) in [4.78, 5) is 34.8. The number of hydrogen-bond donors (Lipinski definition) is 0. The summed E-state index contributed by atoms with van der Waals surface area (Å²) in [6, 6.07) is 9.83. The van der Waals surface area contributed by atoms with Crippen molar-refractivity contribution in [3.05, 3.63) is 80.5 Å². The summed E-state index contributed by atoms with van der Waals surface area (Å²) in [5.41, 5.74) is 6.91. The summed E-state index contributed by atoms with van der Waals surface area (Å²) in [6.45, 7) is 9.22. The lowest BCUT2D eigenvalue weighted by molar-refractivity contribution is 0.0724. The van der Waals surface area contributed by atoms with E-state index in [1.807, 2.05) is 24.1 Å². The highest BCUT2D eigenvalue weighted by atomic mass is 16.5. The number of carbonyl (C=O) groups is 1. The molecule has 1 amide bonds. The van der Waals surface area contributed by atoms with Crippen molar-refractivity contribution in [2.75, 3.05) is 33.3 Å². The predicted octanol–water partition coefficient (Wildman–Crippen LogP) is 3.97. The van der Waals surface area contributed by atoms with Crippen molar-refractivity contribution in [3.8, 4) is 22.9 Å². The van der Waals surface area contributed by atoms with E-state index in [1.165, 1.54) is 6.20 Å². The molecular formula is C31H37N5O3. The number of fused-ring (bicyclic) bond motifs is 1. The molecule has 0 fully saturated rings. The fourth-order valence-corrected chi connectivity index (χ4v) is 5.05. The number of aryl methyl sites for hydroxylation is 2. The summed E-state index contributed by atoms with van der Waals surface area (Å²) in [7, 11) is 3.86. The minimum absolute atomic E-state index is 0.0322. The first-order chi connectivity index (χ1) is 18.8. The van der Waals surface area contributed by atoms with Gasteiger partial charge in [0.05, 0.1) is 18.8 Å². The zero-order valence-electron chi connectivity index (χ0n) is 23.6. The van der Waals surface area contributed by atoms with E-state index in [1.54, 1.807) is 23.7 Å². The van der Waals surface area contributed by atoms with Gasteiger partial charge in [-0.3, -0.25) is 14.6 Å². The maximum absolute atomic E-state index is 13.9. The Morgan fingerprint density at radius 3 is 2.56 bits per heavy atom. The molecule has 0 spiro atoms. The fourth-order valence-electron chi connectivity index (χ4n) is 5.05. The van der Waals surface area contributed by atoms with Gasteiger partial charge in [0.15, 0.2) is 0 Å². The maximum atomic E-state index is 13.9. The van der Waals surface area contributed by atoms with Crippen molar-refractivity contribution < 1.29 is 9.53 Å². The molecule has 0 saturated heterocycles. The van der Waals surface area contributed by atoms with E-state index in [9.17, 15) is 14.9 Å². The van der Waals surface area contributed by atoms with Gasteiger partial charge in [-0.05, 0) is 68.1 Å². The van der Waals surface area contributed by atoms with Gasteiger partial charge in [0.1, 0.15) is 17.4 Å². The number of carbonyl (C=O) groups excluding carboxylic acids is 1. The zero-order valence-corrected chi connectivity index (χ0v) is 23.6. The Labute approximate surface area is 230 Å². The van der Waals surface area contributed by atoms with E-state index in [0.29, 0.717) is 48.7 Å². The maximum Gasteiger partial charge on any atom is 0.254 e. The number of benzene rings is 1. The minimum atomic E-state index is -0.0335. The highest BCUT2D eigenvalue weighted by Gasteiger charge is 2.28. The van der Waals surface area contributed by atoms with E-state index < -0.39 is 0 Å². The first-order valence-corrected chi connectivity index (χ1v) is 13.6. The number of hydrogen-bond acceptors (Lipinski definition) is 6. The van der Waals surface area contributed by atoms with Gasteiger partial charge in [-0.15, -0.1) is 0 Å². The molecule has 1 aromatic carbocycles. The monoisotopic (exact) mass is 527 g/mol. The summed E-state index contributed by atoms with van der Waals surface area (Å²) in [5.74, 6) is 0.455. The molecule has 3 heterocycles. The second kappa shape index (κ2) is 12.3. The van der Waals surface area contributed by atoms with Crippen LogP contribution in [0.5, 0.6) is 5.75 Å². The second-order valence-corrected chi connectivity index (χ2v) is 10.0. The van der Waals surface area contributed by atoms with Crippen LogP contribution in [-0.2, 0) is 32.9 Å².